The molecule has 2 aromatic rings. The van der Waals surface area contributed by atoms with E-state index in [0.29, 0.717) is 28.0 Å². The lowest BCUT2D eigenvalue weighted by Gasteiger charge is -2.10. The van der Waals surface area contributed by atoms with E-state index < -0.39 is 0 Å². The van der Waals surface area contributed by atoms with E-state index >= 15 is 0 Å². The molecule has 0 unspecified atom stereocenters. The first-order chi connectivity index (χ1) is 10.6. The topological polar surface area (TPSA) is 56.8 Å². The molecule has 2 rings (SSSR count). The maximum atomic E-state index is 8.83. The molecule has 3 nitrogen and oxygen atoms in total. The number of halogens is 2. The number of ether oxygens (including phenoxy) is 1. The first-order valence-corrected chi connectivity index (χ1v) is 7.07. The molecule has 0 fully saturated rings. The van der Waals surface area contributed by atoms with Crippen LogP contribution in [-0.2, 0) is 6.61 Å². The Labute approximate surface area is 138 Å². The first kappa shape index (κ1) is 15.9. The predicted octanol–water partition coefficient (Wildman–Crippen LogP) is 5.00. The Hall–Kier alpha value is -2.46. The van der Waals surface area contributed by atoms with Crippen LogP contribution in [0.3, 0.4) is 0 Å². The zero-order chi connectivity index (χ0) is 15.9. The van der Waals surface area contributed by atoms with Crippen molar-refractivity contribution in [2.45, 2.75) is 6.61 Å². The molecular weight excluding hydrogens is 319 g/mol. The molecule has 0 aliphatic rings. The normalized spacial score (nSPS) is 9.45. The van der Waals surface area contributed by atoms with Gasteiger partial charge >= 0.3 is 0 Å². The van der Waals surface area contributed by atoms with Gasteiger partial charge in [-0.15, -0.1) is 0 Å². The summed E-state index contributed by atoms with van der Waals surface area (Å²) in [6, 6.07) is 16.1. The summed E-state index contributed by atoms with van der Waals surface area (Å²) >= 11 is 11.8. The van der Waals surface area contributed by atoms with Gasteiger partial charge in [0.15, 0.2) is 0 Å². The largest absolute Gasteiger partial charge is 0.488 e. The average molecular weight is 329 g/mol. The SMILES string of the molecule is N#CC(C#N)=Cc1ccccc1OCc1ccc(Cl)c(Cl)c1. The molecular formula is C17H10Cl2N2O. The third-order valence-corrected chi connectivity index (χ3v) is 3.58. The fraction of sp³-hybridized carbons (Fsp3) is 0.0588. The predicted molar refractivity (Wildman–Crippen MR) is 86.4 cm³/mol. The first-order valence-electron chi connectivity index (χ1n) is 6.31. The van der Waals surface area contributed by atoms with Crippen LogP contribution in [0, 0.1) is 22.7 Å². The number of nitriles is 2. The summed E-state index contributed by atoms with van der Waals surface area (Å²) in [7, 11) is 0. The van der Waals surface area contributed by atoms with Gasteiger partial charge in [-0.3, -0.25) is 0 Å². The van der Waals surface area contributed by atoms with Crippen LogP contribution in [0.2, 0.25) is 10.0 Å². The maximum Gasteiger partial charge on any atom is 0.130 e. The molecule has 22 heavy (non-hydrogen) atoms. The minimum Gasteiger partial charge on any atom is -0.488 e. The van der Waals surface area contributed by atoms with Crippen molar-refractivity contribution in [3.05, 3.63) is 69.2 Å². The van der Waals surface area contributed by atoms with E-state index in [-0.39, 0.29) is 5.57 Å². The Kier molecular flexibility index (Phi) is 5.44. The third kappa shape index (κ3) is 4.02. The van der Waals surface area contributed by atoms with Gasteiger partial charge < -0.3 is 4.74 Å². The van der Waals surface area contributed by atoms with Crippen LogP contribution in [0.1, 0.15) is 11.1 Å². The molecule has 0 spiro atoms. The molecule has 0 aliphatic carbocycles. The summed E-state index contributed by atoms with van der Waals surface area (Å²) in [6.07, 6.45) is 1.49. The molecule has 0 saturated heterocycles. The fourth-order valence-electron chi connectivity index (χ4n) is 1.77. The second-order valence-corrected chi connectivity index (χ2v) is 5.17. The van der Waals surface area contributed by atoms with Gasteiger partial charge in [0.2, 0.25) is 0 Å². The highest BCUT2D eigenvalue weighted by atomic mass is 35.5. The van der Waals surface area contributed by atoms with E-state index in [2.05, 4.69) is 0 Å². The number of allylic oxidation sites excluding steroid dienone is 1. The number of hydrogen-bond acceptors (Lipinski definition) is 3. The lowest BCUT2D eigenvalue weighted by atomic mass is 10.1. The Balaban J connectivity index is 2.20. The van der Waals surface area contributed by atoms with Crippen LogP contribution >= 0.6 is 23.2 Å². The summed E-state index contributed by atoms with van der Waals surface area (Å²) in [5.74, 6) is 0.580. The fourth-order valence-corrected chi connectivity index (χ4v) is 2.09. The van der Waals surface area contributed by atoms with Crippen LogP contribution in [0.4, 0.5) is 0 Å². The molecule has 0 aliphatic heterocycles. The van der Waals surface area contributed by atoms with E-state index in [9.17, 15) is 0 Å². The molecule has 0 N–H and O–H groups in total. The van der Waals surface area contributed by atoms with Crippen molar-refractivity contribution < 1.29 is 4.74 Å². The summed E-state index contributed by atoms with van der Waals surface area (Å²) < 4.78 is 5.74. The van der Waals surface area contributed by atoms with Crippen LogP contribution < -0.4 is 4.74 Å². The van der Waals surface area contributed by atoms with Crippen molar-refractivity contribution in [3.63, 3.8) is 0 Å². The second kappa shape index (κ2) is 7.52. The minimum absolute atomic E-state index is 0.0191. The molecule has 0 saturated carbocycles. The zero-order valence-corrected chi connectivity index (χ0v) is 12.9. The highest BCUT2D eigenvalue weighted by Crippen LogP contribution is 2.25. The Morgan fingerprint density at radius 3 is 2.45 bits per heavy atom. The van der Waals surface area contributed by atoms with E-state index in [0.717, 1.165) is 5.56 Å². The van der Waals surface area contributed by atoms with Crippen molar-refractivity contribution in [1.29, 1.82) is 10.5 Å². The number of rotatable bonds is 4. The third-order valence-electron chi connectivity index (χ3n) is 2.84. The van der Waals surface area contributed by atoms with Crippen molar-refractivity contribution in [2.75, 3.05) is 0 Å². The Bertz CT molecular complexity index is 785. The molecule has 0 amide bonds. The minimum atomic E-state index is 0.0191. The standard InChI is InChI=1S/C17H10Cl2N2O/c18-15-6-5-12(8-16(15)19)11-22-17-4-2-1-3-14(17)7-13(9-20)10-21/h1-8H,11H2. The van der Waals surface area contributed by atoms with Crippen LogP contribution in [-0.4, -0.2) is 0 Å². The number of hydrogen-bond donors (Lipinski definition) is 0. The van der Waals surface area contributed by atoms with Gasteiger partial charge in [0.25, 0.3) is 0 Å². The lowest BCUT2D eigenvalue weighted by Crippen LogP contribution is -1.97. The van der Waals surface area contributed by atoms with E-state index in [1.165, 1.54) is 6.08 Å². The molecule has 5 heteroatoms. The molecule has 0 atom stereocenters. The lowest BCUT2D eigenvalue weighted by molar-refractivity contribution is 0.305. The van der Waals surface area contributed by atoms with Crippen molar-refractivity contribution >= 4 is 29.3 Å². The van der Waals surface area contributed by atoms with Crippen molar-refractivity contribution in [1.82, 2.24) is 0 Å². The maximum absolute atomic E-state index is 8.83. The Morgan fingerprint density at radius 2 is 1.77 bits per heavy atom. The van der Waals surface area contributed by atoms with Crippen LogP contribution in [0.5, 0.6) is 5.75 Å². The van der Waals surface area contributed by atoms with Gasteiger partial charge in [0, 0.05) is 5.56 Å². The summed E-state index contributed by atoms with van der Waals surface area (Å²) in [6.45, 7) is 0.302. The second-order valence-electron chi connectivity index (χ2n) is 4.36. The van der Waals surface area contributed by atoms with Crippen LogP contribution in [0.25, 0.3) is 6.08 Å². The van der Waals surface area contributed by atoms with E-state index in [1.54, 1.807) is 24.3 Å². The molecule has 0 radical (unpaired) electrons. The van der Waals surface area contributed by atoms with E-state index in [4.69, 9.17) is 38.5 Å². The van der Waals surface area contributed by atoms with Gasteiger partial charge in [0.1, 0.15) is 30.1 Å². The van der Waals surface area contributed by atoms with Gasteiger partial charge in [-0.05, 0) is 29.8 Å². The van der Waals surface area contributed by atoms with Crippen molar-refractivity contribution in [2.24, 2.45) is 0 Å². The highest BCUT2D eigenvalue weighted by Gasteiger charge is 2.05. The molecule has 0 heterocycles. The zero-order valence-electron chi connectivity index (χ0n) is 11.4. The summed E-state index contributed by atoms with van der Waals surface area (Å²) in [4.78, 5) is 0. The molecule has 108 valence electrons. The monoisotopic (exact) mass is 328 g/mol. The van der Waals surface area contributed by atoms with Crippen molar-refractivity contribution in [3.8, 4) is 17.9 Å². The van der Waals surface area contributed by atoms with Gasteiger partial charge in [-0.2, -0.15) is 10.5 Å². The summed E-state index contributed by atoms with van der Waals surface area (Å²) in [5, 5.41) is 18.6. The smallest absolute Gasteiger partial charge is 0.130 e. The number of nitrogens with zero attached hydrogens (tertiary/aromatic N) is 2. The number of para-hydroxylation sites is 1. The average Bonchev–Trinajstić information content (AvgIpc) is 2.54. The quantitative estimate of drug-likeness (QED) is 0.742. The Morgan fingerprint density at radius 1 is 1.05 bits per heavy atom. The molecule has 0 aromatic heterocycles. The van der Waals surface area contributed by atoms with Gasteiger partial charge in [0.05, 0.1) is 10.0 Å². The molecule has 2 aromatic carbocycles. The molecule has 0 bridgehead atoms. The highest BCUT2D eigenvalue weighted by molar-refractivity contribution is 6.42. The van der Waals surface area contributed by atoms with Crippen LogP contribution in [0.15, 0.2) is 48.0 Å². The summed E-state index contributed by atoms with van der Waals surface area (Å²) in [5.41, 5.74) is 1.56. The van der Waals surface area contributed by atoms with Gasteiger partial charge in [-0.1, -0.05) is 47.5 Å². The van der Waals surface area contributed by atoms with Gasteiger partial charge in [-0.25, -0.2) is 0 Å². The number of benzene rings is 2. The van der Waals surface area contributed by atoms with E-state index in [1.807, 2.05) is 30.3 Å².